The van der Waals surface area contributed by atoms with Gasteiger partial charge < -0.3 is 29.8 Å². The lowest BCUT2D eigenvalue weighted by molar-refractivity contribution is -0.0520. The van der Waals surface area contributed by atoms with Gasteiger partial charge in [-0.25, -0.2) is 4.31 Å². The molecule has 9 heteroatoms. The Morgan fingerprint density at radius 2 is 0.864 bits per heavy atom. The standard InChI is InChI=1S/C35H56O2.H4O5P2/c1-5-7-9-11-13-15-17-23-29-25-19-21-27-31(29)33(36)35(3,4)34(37)32-28-22-20-26-30(32)24-18-16-14-12-10-8-6-2;1-6(2)5-7(3)4/h19-22,25-28,33-34,36-37H,5-18,23-24H2,1-4H3;1-4H. The van der Waals surface area contributed by atoms with Crippen molar-refractivity contribution in [1.82, 2.24) is 0 Å². The number of rotatable bonds is 22. The Labute approximate surface area is 269 Å². The van der Waals surface area contributed by atoms with Gasteiger partial charge in [-0.3, -0.25) is 0 Å². The van der Waals surface area contributed by atoms with Gasteiger partial charge in [0, 0.05) is 5.41 Å². The minimum absolute atomic E-state index is 0.702. The van der Waals surface area contributed by atoms with Crippen molar-refractivity contribution in [3.8, 4) is 0 Å². The average molecular weight is 655 g/mol. The second-order valence-electron chi connectivity index (χ2n) is 12.4. The normalized spacial score (nSPS) is 13.2. The lowest BCUT2D eigenvalue weighted by Crippen LogP contribution is -2.31. The van der Waals surface area contributed by atoms with E-state index in [0.29, 0.717) is 0 Å². The minimum Gasteiger partial charge on any atom is -0.388 e. The molecule has 6 N–H and O–H groups in total. The van der Waals surface area contributed by atoms with Crippen molar-refractivity contribution in [2.45, 2.75) is 143 Å². The SMILES string of the molecule is CCCCCCCCCc1ccccc1C(O)C(C)(C)C(O)c1ccccc1CCCCCCCCC.OP(O)OP(O)O. The zero-order chi connectivity index (χ0) is 32.8. The average Bonchev–Trinajstić information content (AvgIpc) is 2.99. The smallest absolute Gasteiger partial charge is 0.334 e. The van der Waals surface area contributed by atoms with E-state index in [-0.39, 0.29) is 0 Å². The lowest BCUT2D eigenvalue weighted by atomic mass is 9.73. The summed E-state index contributed by atoms with van der Waals surface area (Å²) in [6, 6.07) is 16.6. The topological polar surface area (TPSA) is 131 Å². The van der Waals surface area contributed by atoms with Crippen LogP contribution in [0.5, 0.6) is 0 Å². The monoisotopic (exact) mass is 654 g/mol. The van der Waals surface area contributed by atoms with Gasteiger partial charge in [-0.15, -0.1) is 0 Å². The van der Waals surface area contributed by atoms with Crippen molar-refractivity contribution < 1.29 is 34.1 Å². The van der Waals surface area contributed by atoms with Crippen LogP contribution in [0.4, 0.5) is 0 Å². The number of aliphatic hydroxyl groups is 2. The van der Waals surface area contributed by atoms with E-state index < -0.39 is 34.8 Å². The number of aliphatic hydroxyl groups excluding tert-OH is 2. The first-order valence-corrected chi connectivity index (χ1v) is 18.9. The molecule has 0 aromatic heterocycles. The Balaban J connectivity index is 0.00000123. The Bertz CT molecular complexity index is 912. The van der Waals surface area contributed by atoms with Gasteiger partial charge in [-0.2, -0.15) is 0 Å². The molecule has 0 saturated heterocycles. The van der Waals surface area contributed by atoms with Crippen molar-refractivity contribution in [3.63, 3.8) is 0 Å². The highest BCUT2D eigenvalue weighted by molar-refractivity contribution is 7.53. The van der Waals surface area contributed by atoms with Crippen LogP contribution in [-0.4, -0.2) is 29.8 Å². The largest absolute Gasteiger partial charge is 0.388 e. The van der Waals surface area contributed by atoms with Gasteiger partial charge in [0.25, 0.3) is 0 Å². The highest BCUT2D eigenvalue weighted by atomic mass is 31.2. The van der Waals surface area contributed by atoms with E-state index >= 15 is 0 Å². The maximum Gasteiger partial charge on any atom is 0.334 e. The Hall–Kier alpha value is -0.980. The maximum absolute atomic E-state index is 11.6. The molecule has 0 heterocycles. The van der Waals surface area contributed by atoms with Gasteiger partial charge in [0.15, 0.2) is 0 Å². The van der Waals surface area contributed by atoms with Crippen LogP contribution in [0.15, 0.2) is 48.5 Å². The number of hydrogen-bond donors (Lipinski definition) is 6. The van der Waals surface area contributed by atoms with Crippen molar-refractivity contribution in [2.24, 2.45) is 5.41 Å². The number of benzene rings is 2. The molecule has 44 heavy (non-hydrogen) atoms. The molecule has 2 aromatic carbocycles. The van der Waals surface area contributed by atoms with E-state index in [4.69, 9.17) is 19.6 Å². The van der Waals surface area contributed by atoms with Crippen LogP contribution in [0.2, 0.25) is 0 Å². The zero-order valence-electron chi connectivity index (χ0n) is 27.6. The van der Waals surface area contributed by atoms with Gasteiger partial charge in [-0.1, -0.05) is 153 Å². The molecule has 2 rings (SSSR count). The summed E-state index contributed by atoms with van der Waals surface area (Å²) in [5, 5.41) is 23.2. The third-order valence-corrected chi connectivity index (χ3v) is 9.52. The molecule has 0 spiro atoms. The van der Waals surface area contributed by atoms with Crippen LogP contribution in [0.25, 0.3) is 0 Å². The summed E-state index contributed by atoms with van der Waals surface area (Å²) in [6.45, 7) is 8.54. The Morgan fingerprint density at radius 1 is 0.545 bits per heavy atom. The number of aryl methyl sites for hydroxylation is 2. The summed E-state index contributed by atoms with van der Waals surface area (Å²) >= 11 is 0. The molecule has 0 fully saturated rings. The van der Waals surface area contributed by atoms with Crippen molar-refractivity contribution in [1.29, 1.82) is 0 Å². The molecule has 0 aliphatic carbocycles. The predicted molar refractivity (Wildman–Crippen MR) is 184 cm³/mol. The summed E-state index contributed by atoms with van der Waals surface area (Å²) in [7, 11) is -5.22. The van der Waals surface area contributed by atoms with E-state index in [1.165, 1.54) is 88.2 Å². The van der Waals surface area contributed by atoms with E-state index in [0.717, 1.165) is 36.8 Å². The van der Waals surface area contributed by atoms with Gasteiger partial charge in [0.05, 0.1) is 12.2 Å². The van der Waals surface area contributed by atoms with E-state index in [1.54, 1.807) is 0 Å². The van der Waals surface area contributed by atoms with Crippen LogP contribution >= 0.6 is 17.2 Å². The maximum atomic E-state index is 11.6. The quantitative estimate of drug-likeness (QED) is 0.0551. The molecule has 0 bridgehead atoms. The first kappa shape index (κ1) is 41.0. The van der Waals surface area contributed by atoms with Crippen LogP contribution in [-0.2, 0) is 17.2 Å². The van der Waals surface area contributed by atoms with Gasteiger partial charge in [-0.05, 0) is 47.9 Å². The van der Waals surface area contributed by atoms with Gasteiger partial charge in [0.1, 0.15) is 0 Å². The fraction of sp³-hybridized carbons (Fsp3) is 0.657. The third kappa shape index (κ3) is 16.5. The second kappa shape index (κ2) is 24.2. The third-order valence-electron chi connectivity index (χ3n) is 8.35. The summed E-state index contributed by atoms with van der Waals surface area (Å²) < 4.78 is 3.60. The first-order valence-electron chi connectivity index (χ1n) is 16.6. The summed E-state index contributed by atoms with van der Waals surface area (Å²) in [6.07, 6.45) is 18.5. The molecule has 0 aliphatic heterocycles. The lowest BCUT2D eigenvalue weighted by Gasteiger charge is -2.37. The van der Waals surface area contributed by atoms with Gasteiger partial charge >= 0.3 is 17.2 Å². The molecule has 0 aliphatic rings. The van der Waals surface area contributed by atoms with Crippen LogP contribution in [0.3, 0.4) is 0 Å². The molecule has 2 aromatic rings. The second-order valence-corrected chi connectivity index (χ2v) is 14.0. The van der Waals surface area contributed by atoms with Crippen LogP contribution in [0, 0.1) is 5.41 Å². The molecule has 2 atom stereocenters. The van der Waals surface area contributed by atoms with Crippen molar-refractivity contribution >= 4 is 17.2 Å². The number of unbranched alkanes of at least 4 members (excludes halogenated alkanes) is 12. The summed E-state index contributed by atoms with van der Waals surface area (Å²) in [5.41, 5.74) is 3.69. The zero-order valence-corrected chi connectivity index (χ0v) is 29.4. The Morgan fingerprint density at radius 3 is 1.18 bits per heavy atom. The first-order chi connectivity index (χ1) is 21.1. The summed E-state index contributed by atoms with van der Waals surface area (Å²) in [5.74, 6) is 0. The van der Waals surface area contributed by atoms with Crippen molar-refractivity contribution in [3.05, 3.63) is 70.8 Å². The fourth-order valence-corrected chi connectivity index (χ4v) is 6.14. The molecule has 0 saturated carbocycles. The predicted octanol–water partition coefficient (Wildman–Crippen LogP) is 9.49. The molecular weight excluding hydrogens is 594 g/mol. The molecular formula is C35H60O7P2. The van der Waals surface area contributed by atoms with Gasteiger partial charge in [0.2, 0.25) is 0 Å². The van der Waals surface area contributed by atoms with E-state index in [9.17, 15) is 10.2 Å². The molecule has 2 unspecified atom stereocenters. The number of hydrogen-bond acceptors (Lipinski definition) is 7. The highest BCUT2D eigenvalue weighted by Gasteiger charge is 2.38. The van der Waals surface area contributed by atoms with Crippen LogP contribution < -0.4 is 0 Å². The van der Waals surface area contributed by atoms with E-state index in [1.807, 2.05) is 26.0 Å². The summed E-state index contributed by atoms with van der Waals surface area (Å²) in [4.78, 5) is 31.3. The molecule has 7 nitrogen and oxygen atoms in total. The highest BCUT2D eigenvalue weighted by Crippen LogP contribution is 2.45. The van der Waals surface area contributed by atoms with Crippen molar-refractivity contribution in [2.75, 3.05) is 0 Å². The minimum atomic E-state index is -2.61. The molecule has 0 amide bonds. The fourth-order valence-electron chi connectivity index (χ4n) is 5.62. The van der Waals surface area contributed by atoms with Crippen LogP contribution in [0.1, 0.15) is 152 Å². The molecule has 252 valence electrons. The Kier molecular flexibility index (Phi) is 22.6. The molecule has 0 radical (unpaired) electrons. The van der Waals surface area contributed by atoms with E-state index in [2.05, 4.69) is 54.6 Å².